The summed E-state index contributed by atoms with van der Waals surface area (Å²) < 4.78 is 5.13. The Kier molecular flexibility index (Phi) is 7.65. The second-order valence-corrected chi connectivity index (χ2v) is 6.85. The molecule has 0 spiro atoms. The number of rotatable bonds is 5. The molecule has 0 aliphatic carbocycles. The second kappa shape index (κ2) is 8.98. The molecule has 0 aromatic heterocycles. The number of nitrogens with zero attached hydrogens (tertiary/aromatic N) is 1. The van der Waals surface area contributed by atoms with Gasteiger partial charge in [-0.2, -0.15) is 0 Å². The van der Waals surface area contributed by atoms with Crippen LogP contribution < -0.4 is 10.6 Å². The number of carbonyl (C=O) groups excluding carboxylic acids is 2. The molecule has 0 bridgehead atoms. The Bertz CT molecular complexity index is 358. The molecule has 2 N–H and O–H groups in total. The molecule has 2 amide bonds. The highest BCUT2D eigenvalue weighted by Crippen LogP contribution is 2.12. The first kappa shape index (κ1) is 18.7. The molecule has 6 heteroatoms. The lowest BCUT2D eigenvalue weighted by atomic mass is 10.2. The average Bonchev–Trinajstić information content (AvgIpc) is 2.69. The SMILES string of the molecule is CC(C(=O)NCCNC(=O)OC(C)(C)C)N1CCCCCC1. The Hall–Kier alpha value is -1.30. The number of alkyl carbamates (subject to hydrolysis) is 1. The van der Waals surface area contributed by atoms with Gasteiger partial charge in [-0.25, -0.2) is 4.79 Å². The van der Waals surface area contributed by atoms with E-state index in [0.717, 1.165) is 25.9 Å². The van der Waals surface area contributed by atoms with Crippen LogP contribution in [0.2, 0.25) is 0 Å². The molecule has 6 nitrogen and oxygen atoms in total. The number of ether oxygens (including phenoxy) is 1. The van der Waals surface area contributed by atoms with E-state index >= 15 is 0 Å². The van der Waals surface area contributed by atoms with Gasteiger partial charge in [0.2, 0.25) is 5.91 Å². The fourth-order valence-electron chi connectivity index (χ4n) is 2.46. The van der Waals surface area contributed by atoms with Gasteiger partial charge in [0, 0.05) is 13.1 Å². The maximum Gasteiger partial charge on any atom is 0.407 e. The average molecular weight is 313 g/mol. The molecule has 1 fully saturated rings. The third-order valence-corrected chi connectivity index (χ3v) is 3.66. The Morgan fingerprint density at radius 1 is 1.05 bits per heavy atom. The summed E-state index contributed by atoms with van der Waals surface area (Å²) in [4.78, 5) is 25.8. The molecule has 0 aromatic carbocycles. The quantitative estimate of drug-likeness (QED) is 0.761. The normalized spacial score (nSPS) is 18.2. The van der Waals surface area contributed by atoms with E-state index in [4.69, 9.17) is 4.74 Å². The van der Waals surface area contributed by atoms with Gasteiger partial charge in [-0.15, -0.1) is 0 Å². The molecular formula is C16H31N3O3. The minimum absolute atomic E-state index is 0.0212. The van der Waals surface area contributed by atoms with Gasteiger partial charge < -0.3 is 15.4 Å². The van der Waals surface area contributed by atoms with Crippen molar-refractivity contribution in [2.45, 2.75) is 65.0 Å². The summed E-state index contributed by atoms with van der Waals surface area (Å²) >= 11 is 0. The molecule has 1 aliphatic heterocycles. The van der Waals surface area contributed by atoms with Gasteiger partial charge in [-0.1, -0.05) is 12.8 Å². The Morgan fingerprint density at radius 2 is 1.59 bits per heavy atom. The molecule has 0 aromatic rings. The molecule has 1 unspecified atom stereocenters. The van der Waals surface area contributed by atoms with Crippen LogP contribution in [0.1, 0.15) is 53.4 Å². The lowest BCUT2D eigenvalue weighted by Crippen LogP contribution is -2.47. The van der Waals surface area contributed by atoms with E-state index in [1.54, 1.807) is 0 Å². The molecule has 1 heterocycles. The lowest BCUT2D eigenvalue weighted by molar-refractivity contribution is -0.125. The Labute approximate surface area is 134 Å². The first-order valence-corrected chi connectivity index (χ1v) is 8.28. The number of hydrogen-bond acceptors (Lipinski definition) is 4. The van der Waals surface area contributed by atoms with E-state index < -0.39 is 11.7 Å². The monoisotopic (exact) mass is 313 g/mol. The molecule has 128 valence electrons. The van der Waals surface area contributed by atoms with Crippen LogP contribution in [-0.4, -0.2) is 54.7 Å². The van der Waals surface area contributed by atoms with Crippen molar-refractivity contribution in [1.29, 1.82) is 0 Å². The van der Waals surface area contributed by atoms with Crippen LogP contribution in [0.4, 0.5) is 4.79 Å². The number of nitrogens with one attached hydrogen (secondary N) is 2. The van der Waals surface area contributed by atoms with Crippen molar-refractivity contribution in [3.63, 3.8) is 0 Å². The summed E-state index contributed by atoms with van der Waals surface area (Å²) in [7, 11) is 0. The van der Waals surface area contributed by atoms with Crippen LogP contribution in [0.15, 0.2) is 0 Å². The predicted octanol–water partition coefficient (Wildman–Crippen LogP) is 1.89. The van der Waals surface area contributed by atoms with Gasteiger partial charge in [-0.3, -0.25) is 9.69 Å². The fourth-order valence-corrected chi connectivity index (χ4v) is 2.46. The van der Waals surface area contributed by atoms with Crippen molar-refractivity contribution in [3.8, 4) is 0 Å². The van der Waals surface area contributed by atoms with Crippen molar-refractivity contribution in [3.05, 3.63) is 0 Å². The minimum Gasteiger partial charge on any atom is -0.444 e. The van der Waals surface area contributed by atoms with Crippen molar-refractivity contribution in [1.82, 2.24) is 15.5 Å². The highest BCUT2D eigenvalue weighted by molar-refractivity contribution is 5.81. The van der Waals surface area contributed by atoms with Crippen LogP contribution in [0.3, 0.4) is 0 Å². The lowest BCUT2D eigenvalue weighted by Gasteiger charge is -2.26. The van der Waals surface area contributed by atoms with Gasteiger partial charge >= 0.3 is 6.09 Å². The highest BCUT2D eigenvalue weighted by Gasteiger charge is 2.21. The van der Waals surface area contributed by atoms with Gasteiger partial charge in [-0.05, 0) is 53.6 Å². The molecular weight excluding hydrogens is 282 g/mol. The zero-order valence-electron chi connectivity index (χ0n) is 14.4. The molecule has 0 saturated carbocycles. The molecule has 1 saturated heterocycles. The summed E-state index contributed by atoms with van der Waals surface area (Å²) in [5, 5.41) is 5.50. The van der Waals surface area contributed by atoms with Crippen molar-refractivity contribution < 1.29 is 14.3 Å². The zero-order chi connectivity index (χ0) is 16.6. The minimum atomic E-state index is -0.505. The van der Waals surface area contributed by atoms with Crippen molar-refractivity contribution in [2.75, 3.05) is 26.2 Å². The van der Waals surface area contributed by atoms with Crippen molar-refractivity contribution in [2.24, 2.45) is 0 Å². The maximum absolute atomic E-state index is 12.1. The number of carbonyl (C=O) groups is 2. The standard InChI is InChI=1S/C16H31N3O3/c1-13(19-11-7-5-6-8-12-19)14(20)17-9-10-18-15(21)22-16(2,3)4/h13H,5-12H2,1-4H3,(H,17,20)(H,18,21). The molecule has 1 aliphatic rings. The van der Waals surface area contributed by atoms with Gasteiger partial charge in [0.1, 0.15) is 5.60 Å². The summed E-state index contributed by atoms with van der Waals surface area (Å²) in [6.07, 6.45) is 4.38. The maximum atomic E-state index is 12.1. The number of likely N-dealkylation sites (tertiary alicyclic amines) is 1. The van der Waals surface area contributed by atoms with Crippen LogP contribution in [0, 0.1) is 0 Å². The van der Waals surface area contributed by atoms with Crippen molar-refractivity contribution >= 4 is 12.0 Å². The summed E-state index contributed by atoms with van der Waals surface area (Å²) in [5.41, 5.74) is -0.505. The van der Waals surface area contributed by atoms with E-state index in [-0.39, 0.29) is 11.9 Å². The van der Waals surface area contributed by atoms with E-state index in [9.17, 15) is 9.59 Å². The van der Waals surface area contributed by atoms with E-state index in [1.165, 1.54) is 12.8 Å². The van der Waals surface area contributed by atoms with Crippen LogP contribution in [-0.2, 0) is 9.53 Å². The molecule has 22 heavy (non-hydrogen) atoms. The van der Waals surface area contributed by atoms with Crippen LogP contribution in [0.5, 0.6) is 0 Å². The Morgan fingerprint density at radius 3 is 2.14 bits per heavy atom. The summed E-state index contributed by atoms with van der Waals surface area (Å²) in [5.74, 6) is 0.0212. The van der Waals surface area contributed by atoms with Gasteiger partial charge in [0.15, 0.2) is 0 Å². The second-order valence-electron chi connectivity index (χ2n) is 6.85. The summed E-state index contributed by atoms with van der Waals surface area (Å²) in [6.45, 7) is 10.2. The van der Waals surface area contributed by atoms with E-state index in [1.807, 2.05) is 27.7 Å². The van der Waals surface area contributed by atoms with Gasteiger partial charge in [0.25, 0.3) is 0 Å². The Balaban J connectivity index is 2.20. The number of hydrogen-bond donors (Lipinski definition) is 2. The predicted molar refractivity (Wildman–Crippen MR) is 86.7 cm³/mol. The highest BCUT2D eigenvalue weighted by atomic mass is 16.6. The van der Waals surface area contributed by atoms with E-state index in [0.29, 0.717) is 13.1 Å². The number of amides is 2. The van der Waals surface area contributed by atoms with Crippen LogP contribution >= 0.6 is 0 Å². The van der Waals surface area contributed by atoms with E-state index in [2.05, 4.69) is 15.5 Å². The van der Waals surface area contributed by atoms with Gasteiger partial charge in [0.05, 0.1) is 6.04 Å². The molecule has 1 rings (SSSR count). The first-order chi connectivity index (χ1) is 10.3. The smallest absolute Gasteiger partial charge is 0.407 e. The zero-order valence-corrected chi connectivity index (χ0v) is 14.4. The molecule has 1 atom stereocenters. The fraction of sp³-hybridized carbons (Fsp3) is 0.875. The topological polar surface area (TPSA) is 70.7 Å². The summed E-state index contributed by atoms with van der Waals surface area (Å²) in [6, 6.07) is -0.111. The molecule has 0 radical (unpaired) electrons. The largest absolute Gasteiger partial charge is 0.444 e. The van der Waals surface area contributed by atoms with Crippen LogP contribution in [0.25, 0.3) is 0 Å². The first-order valence-electron chi connectivity index (χ1n) is 8.28. The third-order valence-electron chi connectivity index (χ3n) is 3.66. The third kappa shape index (κ3) is 7.64.